The number of anilines is 2. The van der Waals surface area contributed by atoms with Crippen molar-refractivity contribution in [3.05, 3.63) is 77.5 Å². The zero-order chi connectivity index (χ0) is 20.6. The molecule has 1 amide bonds. The molecule has 6 nitrogen and oxygen atoms in total. The molecule has 0 atom stereocenters. The third kappa shape index (κ3) is 5.25. The van der Waals surface area contributed by atoms with Gasteiger partial charge < -0.3 is 20.1 Å². The Morgan fingerprint density at radius 2 is 1.79 bits per heavy atom. The summed E-state index contributed by atoms with van der Waals surface area (Å²) < 4.78 is 10.7. The summed E-state index contributed by atoms with van der Waals surface area (Å²) in [4.78, 5) is 16.9. The topological polar surface area (TPSA) is 72.5 Å². The molecule has 0 saturated heterocycles. The van der Waals surface area contributed by atoms with Gasteiger partial charge in [0.25, 0.3) is 5.91 Å². The van der Waals surface area contributed by atoms with E-state index < -0.39 is 0 Å². The second kappa shape index (κ2) is 9.59. The number of nitrogens with one attached hydrogen (secondary N) is 2. The number of aryl methyl sites for hydroxylation is 1. The molecule has 6 heteroatoms. The number of benzene rings is 2. The van der Waals surface area contributed by atoms with Crippen LogP contribution in [0.1, 0.15) is 21.5 Å². The molecule has 3 rings (SSSR count). The largest absolute Gasteiger partial charge is 0.496 e. The van der Waals surface area contributed by atoms with Crippen LogP contribution < -0.4 is 20.1 Å². The number of para-hydroxylation sites is 1. The van der Waals surface area contributed by atoms with Crippen LogP contribution in [0.2, 0.25) is 0 Å². The number of ether oxygens (including phenoxy) is 2. The van der Waals surface area contributed by atoms with E-state index in [9.17, 15) is 4.79 Å². The summed E-state index contributed by atoms with van der Waals surface area (Å²) in [6, 6.07) is 17.1. The van der Waals surface area contributed by atoms with Gasteiger partial charge in [0.05, 0.1) is 19.9 Å². The highest BCUT2D eigenvalue weighted by molar-refractivity contribution is 5.95. The molecule has 2 aromatic carbocycles. The number of aromatic nitrogens is 1. The number of amides is 1. The van der Waals surface area contributed by atoms with Gasteiger partial charge in [0.15, 0.2) is 0 Å². The molecular weight excluding hydrogens is 366 g/mol. The highest BCUT2D eigenvalue weighted by atomic mass is 16.5. The second-order valence-corrected chi connectivity index (χ2v) is 6.58. The quantitative estimate of drug-likeness (QED) is 0.604. The predicted molar refractivity (Wildman–Crippen MR) is 114 cm³/mol. The monoisotopic (exact) mass is 391 g/mol. The Morgan fingerprint density at radius 3 is 2.59 bits per heavy atom. The van der Waals surface area contributed by atoms with Crippen LogP contribution in [0.4, 0.5) is 11.5 Å². The first-order valence-corrected chi connectivity index (χ1v) is 9.38. The lowest BCUT2D eigenvalue weighted by Gasteiger charge is -2.12. The fraction of sp³-hybridized carbons (Fsp3) is 0.217. The van der Waals surface area contributed by atoms with E-state index in [1.165, 1.54) is 0 Å². The SMILES string of the molecule is COc1ccccc1CCNC(=O)c1ccnc(Nc2cc(C)ccc2OC)c1. The van der Waals surface area contributed by atoms with Gasteiger partial charge in [0, 0.05) is 18.3 Å². The average molecular weight is 391 g/mol. The van der Waals surface area contributed by atoms with Crippen LogP contribution in [0.3, 0.4) is 0 Å². The molecule has 0 fully saturated rings. The van der Waals surface area contributed by atoms with E-state index in [0.717, 1.165) is 22.6 Å². The average Bonchev–Trinajstić information content (AvgIpc) is 2.74. The maximum absolute atomic E-state index is 12.5. The van der Waals surface area contributed by atoms with Gasteiger partial charge in [-0.1, -0.05) is 24.3 Å². The molecule has 0 saturated carbocycles. The molecule has 0 aliphatic rings. The van der Waals surface area contributed by atoms with Gasteiger partial charge in [-0.25, -0.2) is 4.98 Å². The van der Waals surface area contributed by atoms with Crippen LogP contribution in [0, 0.1) is 6.92 Å². The maximum Gasteiger partial charge on any atom is 0.251 e. The number of carbonyl (C=O) groups excluding carboxylic acids is 1. The van der Waals surface area contributed by atoms with Crippen molar-refractivity contribution in [3.8, 4) is 11.5 Å². The molecule has 0 aliphatic carbocycles. The van der Waals surface area contributed by atoms with Crippen LogP contribution in [0.25, 0.3) is 0 Å². The summed E-state index contributed by atoms with van der Waals surface area (Å²) in [7, 11) is 3.26. The summed E-state index contributed by atoms with van der Waals surface area (Å²) in [5.74, 6) is 1.96. The first-order valence-electron chi connectivity index (χ1n) is 9.38. The van der Waals surface area contributed by atoms with Crippen LogP contribution >= 0.6 is 0 Å². The zero-order valence-electron chi connectivity index (χ0n) is 16.9. The normalized spacial score (nSPS) is 10.3. The van der Waals surface area contributed by atoms with Crippen LogP contribution in [-0.2, 0) is 6.42 Å². The van der Waals surface area contributed by atoms with Crippen molar-refractivity contribution in [3.63, 3.8) is 0 Å². The fourth-order valence-electron chi connectivity index (χ4n) is 3.02. The van der Waals surface area contributed by atoms with Gasteiger partial charge in [0.2, 0.25) is 0 Å². The molecule has 1 heterocycles. The summed E-state index contributed by atoms with van der Waals surface area (Å²) in [6.45, 7) is 2.51. The molecule has 29 heavy (non-hydrogen) atoms. The van der Waals surface area contributed by atoms with E-state index >= 15 is 0 Å². The summed E-state index contributed by atoms with van der Waals surface area (Å²) in [5, 5.41) is 6.17. The minimum atomic E-state index is -0.151. The number of nitrogens with zero attached hydrogens (tertiary/aromatic N) is 1. The Kier molecular flexibility index (Phi) is 6.68. The lowest BCUT2D eigenvalue weighted by molar-refractivity contribution is 0.0954. The second-order valence-electron chi connectivity index (χ2n) is 6.58. The lowest BCUT2D eigenvalue weighted by atomic mass is 10.1. The van der Waals surface area contributed by atoms with Gasteiger partial charge in [-0.05, 0) is 54.8 Å². The molecular formula is C23H25N3O3. The first-order chi connectivity index (χ1) is 14.1. The molecule has 2 N–H and O–H groups in total. The number of rotatable bonds is 8. The van der Waals surface area contributed by atoms with Crippen molar-refractivity contribution in [1.29, 1.82) is 0 Å². The fourth-order valence-corrected chi connectivity index (χ4v) is 3.02. The molecule has 0 bridgehead atoms. The third-order valence-corrected chi connectivity index (χ3v) is 4.51. The summed E-state index contributed by atoms with van der Waals surface area (Å²) >= 11 is 0. The smallest absolute Gasteiger partial charge is 0.251 e. The number of hydrogen-bond donors (Lipinski definition) is 2. The van der Waals surface area contributed by atoms with Gasteiger partial charge in [0.1, 0.15) is 17.3 Å². The molecule has 0 unspecified atom stereocenters. The van der Waals surface area contributed by atoms with E-state index in [-0.39, 0.29) is 5.91 Å². The van der Waals surface area contributed by atoms with Crippen molar-refractivity contribution < 1.29 is 14.3 Å². The number of carbonyl (C=O) groups is 1. The maximum atomic E-state index is 12.5. The van der Waals surface area contributed by atoms with Crippen molar-refractivity contribution >= 4 is 17.4 Å². The first kappa shape index (κ1) is 20.2. The van der Waals surface area contributed by atoms with Crippen molar-refractivity contribution in [2.45, 2.75) is 13.3 Å². The highest BCUT2D eigenvalue weighted by Gasteiger charge is 2.10. The number of methoxy groups -OCH3 is 2. The van der Waals surface area contributed by atoms with Crippen molar-refractivity contribution in [2.24, 2.45) is 0 Å². The molecule has 3 aromatic rings. The Hall–Kier alpha value is -3.54. The van der Waals surface area contributed by atoms with Crippen LogP contribution in [0.5, 0.6) is 11.5 Å². The third-order valence-electron chi connectivity index (χ3n) is 4.51. The molecule has 0 radical (unpaired) electrons. The lowest BCUT2D eigenvalue weighted by Crippen LogP contribution is -2.25. The van der Waals surface area contributed by atoms with E-state index in [2.05, 4.69) is 15.6 Å². The Balaban J connectivity index is 1.64. The Bertz CT molecular complexity index is 989. The predicted octanol–water partition coefficient (Wildman–Crippen LogP) is 4.12. The Labute approximate surface area is 170 Å². The summed E-state index contributed by atoms with van der Waals surface area (Å²) in [6.07, 6.45) is 2.30. The minimum absolute atomic E-state index is 0.151. The zero-order valence-corrected chi connectivity index (χ0v) is 16.9. The van der Waals surface area contributed by atoms with Crippen LogP contribution in [-0.4, -0.2) is 31.7 Å². The van der Waals surface area contributed by atoms with E-state index in [4.69, 9.17) is 9.47 Å². The number of pyridine rings is 1. The minimum Gasteiger partial charge on any atom is -0.496 e. The van der Waals surface area contributed by atoms with Gasteiger partial charge in [-0.3, -0.25) is 4.79 Å². The Morgan fingerprint density at radius 1 is 1.00 bits per heavy atom. The van der Waals surface area contributed by atoms with E-state index in [1.807, 2.05) is 49.4 Å². The van der Waals surface area contributed by atoms with Crippen molar-refractivity contribution in [1.82, 2.24) is 10.3 Å². The standard InChI is InChI=1S/C23H25N3O3/c1-16-8-9-21(29-3)19(14-16)26-22-15-18(11-12-24-22)23(27)25-13-10-17-6-4-5-7-20(17)28-2/h4-9,11-12,14-15H,10,13H2,1-3H3,(H,24,26)(H,25,27). The number of hydrogen-bond acceptors (Lipinski definition) is 5. The molecule has 1 aromatic heterocycles. The van der Waals surface area contributed by atoms with E-state index in [1.54, 1.807) is 32.5 Å². The summed E-state index contributed by atoms with van der Waals surface area (Å²) in [5.41, 5.74) is 3.49. The van der Waals surface area contributed by atoms with E-state index in [0.29, 0.717) is 30.1 Å². The highest BCUT2D eigenvalue weighted by Crippen LogP contribution is 2.28. The molecule has 150 valence electrons. The molecule has 0 spiro atoms. The van der Waals surface area contributed by atoms with Gasteiger partial charge >= 0.3 is 0 Å². The van der Waals surface area contributed by atoms with Crippen LogP contribution in [0.15, 0.2) is 60.8 Å². The van der Waals surface area contributed by atoms with Gasteiger partial charge in [-0.2, -0.15) is 0 Å². The molecule has 0 aliphatic heterocycles. The van der Waals surface area contributed by atoms with Gasteiger partial charge in [-0.15, -0.1) is 0 Å². The van der Waals surface area contributed by atoms with Crippen molar-refractivity contribution in [2.75, 3.05) is 26.1 Å².